The summed E-state index contributed by atoms with van der Waals surface area (Å²) >= 11 is 0. The maximum Gasteiger partial charge on any atom is 0.201 e. The molecule has 4 rings (SSSR count). The van der Waals surface area contributed by atoms with Crippen molar-refractivity contribution in [1.29, 1.82) is 0 Å². The summed E-state index contributed by atoms with van der Waals surface area (Å²) in [6.07, 6.45) is 17.3. The minimum Gasteiger partial charge on any atom is -0.490 e. The van der Waals surface area contributed by atoms with Crippen molar-refractivity contribution < 1.29 is 17.9 Å². The number of allylic oxidation sites excluding steroid dienone is 4. The summed E-state index contributed by atoms with van der Waals surface area (Å²) in [5, 5.41) is 0. The van der Waals surface area contributed by atoms with E-state index in [1.807, 2.05) is 12.1 Å². The molecule has 0 amide bonds. The van der Waals surface area contributed by atoms with Gasteiger partial charge in [-0.25, -0.2) is 8.78 Å². The highest BCUT2D eigenvalue weighted by Gasteiger charge is 2.18. The topological polar surface area (TPSA) is 9.23 Å². The maximum absolute atomic E-state index is 15.2. The quantitative estimate of drug-likeness (QED) is 0.153. The third-order valence-electron chi connectivity index (χ3n) is 7.90. The van der Waals surface area contributed by atoms with Crippen LogP contribution in [0.5, 0.6) is 5.75 Å². The lowest BCUT2D eigenvalue weighted by Crippen LogP contribution is -2.05. The molecule has 0 saturated heterocycles. The molecular formula is C36H41F3O. The molecule has 40 heavy (non-hydrogen) atoms. The van der Waals surface area contributed by atoms with Crippen LogP contribution in [0.1, 0.15) is 83.6 Å². The monoisotopic (exact) mass is 546 g/mol. The third kappa shape index (κ3) is 7.68. The fraction of sp³-hybridized carbons (Fsp3) is 0.389. The first-order valence-corrected chi connectivity index (χ1v) is 14.8. The van der Waals surface area contributed by atoms with Crippen molar-refractivity contribution in [2.45, 2.75) is 78.1 Å². The summed E-state index contributed by atoms with van der Waals surface area (Å²) in [6.45, 7) is 4.57. The molecule has 0 saturated carbocycles. The van der Waals surface area contributed by atoms with E-state index >= 15 is 4.39 Å². The van der Waals surface area contributed by atoms with Crippen LogP contribution in [-0.2, 0) is 0 Å². The second kappa shape index (κ2) is 14.9. The summed E-state index contributed by atoms with van der Waals surface area (Å²) in [6, 6.07) is 15.3. The maximum atomic E-state index is 15.2. The molecule has 0 heterocycles. The van der Waals surface area contributed by atoms with Crippen LogP contribution < -0.4 is 4.74 Å². The van der Waals surface area contributed by atoms with Crippen molar-refractivity contribution in [3.8, 4) is 28.0 Å². The van der Waals surface area contributed by atoms with E-state index in [0.717, 1.165) is 56.9 Å². The molecule has 1 aliphatic carbocycles. The molecule has 0 bridgehead atoms. The van der Waals surface area contributed by atoms with E-state index in [1.54, 1.807) is 30.3 Å². The number of hydrogen-bond acceptors (Lipinski definition) is 1. The Balaban J connectivity index is 1.40. The van der Waals surface area contributed by atoms with Crippen LogP contribution in [-0.4, -0.2) is 6.61 Å². The van der Waals surface area contributed by atoms with Gasteiger partial charge in [-0.15, -0.1) is 0 Å². The molecule has 0 aromatic heterocycles. The minimum atomic E-state index is -0.974. The van der Waals surface area contributed by atoms with Crippen LogP contribution in [0.4, 0.5) is 13.2 Å². The number of benzene rings is 3. The van der Waals surface area contributed by atoms with E-state index in [9.17, 15) is 8.78 Å². The number of unbranched alkanes of at least 4 members (excludes halogenated alkanes) is 4. The zero-order chi connectivity index (χ0) is 28.3. The second-order valence-electron chi connectivity index (χ2n) is 10.8. The Morgan fingerprint density at radius 3 is 2.20 bits per heavy atom. The van der Waals surface area contributed by atoms with Crippen LogP contribution in [0, 0.1) is 23.4 Å². The molecule has 1 aliphatic rings. The van der Waals surface area contributed by atoms with Crippen LogP contribution in [0.2, 0.25) is 0 Å². The highest BCUT2D eigenvalue weighted by molar-refractivity contribution is 5.74. The van der Waals surface area contributed by atoms with E-state index in [2.05, 4.69) is 32.1 Å². The van der Waals surface area contributed by atoms with Crippen LogP contribution in [0.25, 0.3) is 27.8 Å². The lowest BCUT2D eigenvalue weighted by atomic mass is 9.84. The SMILES string of the molecule is CC=CCCC1CC=C(c2ccc(-c3ccc(-c4ccc(OCCCCCCC)c(F)c4F)cc3)c(F)c2)CC1. The summed E-state index contributed by atoms with van der Waals surface area (Å²) in [4.78, 5) is 0. The Hall–Kier alpha value is -3.27. The zero-order valence-electron chi connectivity index (χ0n) is 23.8. The fourth-order valence-corrected chi connectivity index (χ4v) is 5.44. The molecule has 0 radical (unpaired) electrons. The Bertz CT molecular complexity index is 1310. The molecule has 0 spiro atoms. The van der Waals surface area contributed by atoms with Crippen LogP contribution in [0.3, 0.4) is 0 Å². The first kappa shape index (κ1) is 29.7. The molecule has 1 nitrogen and oxygen atoms in total. The van der Waals surface area contributed by atoms with Gasteiger partial charge in [0.1, 0.15) is 5.82 Å². The Morgan fingerprint density at radius 2 is 1.52 bits per heavy atom. The summed E-state index contributed by atoms with van der Waals surface area (Å²) in [5.74, 6) is -1.55. The second-order valence-corrected chi connectivity index (χ2v) is 10.8. The minimum absolute atomic E-state index is 0.0622. The van der Waals surface area contributed by atoms with Crippen molar-refractivity contribution in [2.24, 2.45) is 5.92 Å². The van der Waals surface area contributed by atoms with Gasteiger partial charge in [-0.05, 0) is 91.8 Å². The van der Waals surface area contributed by atoms with Crippen molar-refractivity contribution >= 4 is 5.57 Å². The van der Waals surface area contributed by atoms with Gasteiger partial charge >= 0.3 is 0 Å². The first-order chi connectivity index (χ1) is 19.5. The van der Waals surface area contributed by atoms with E-state index < -0.39 is 11.6 Å². The normalized spacial score (nSPS) is 15.4. The van der Waals surface area contributed by atoms with Gasteiger partial charge in [0, 0.05) is 11.1 Å². The zero-order valence-corrected chi connectivity index (χ0v) is 23.8. The molecule has 3 aromatic carbocycles. The van der Waals surface area contributed by atoms with Gasteiger partial charge in [-0.3, -0.25) is 0 Å². The van der Waals surface area contributed by atoms with Gasteiger partial charge in [0.15, 0.2) is 11.6 Å². The lowest BCUT2D eigenvalue weighted by molar-refractivity contribution is 0.285. The lowest BCUT2D eigenvalue weighted by Gasteiger charge is -2.22. The van der Waals surface area contributed by atoms with Crippen molar-refractivity contribution in [3.05, 3.63) is 95.8 Å². The molecule has 0 fully saturated rings. The van der Waals surface area contributed by atoms with Gasteiger partial charge in [-0.1, -0.05) is 87.2 Å². The highest BCUT2D eigenvalue weighted by atomic mass is 19.2. The molecule has 212 valence electrons. The number of hydrogen-bond donors (Lipinski definition) is 0. The summed E-state index contributed by atoms with van der Waals surface area (Å²) in [7, 11) is 0. The van der Waals surface area contributed by atoms with Gasteiger partial charge in [0.05, 0.1) is 6.61 Å². The molecule has 0 aliphatic heterocycles. The highest BCUT2D eigenvalue weighted by Crippen LogP contribution is 2.35. The first-order valence-electron chi connectivity index (χ1n) is 14.8. The summed E-state index contributed by atoms with van der Waals surface area (Å²) in [5.41, 5.74) is 4.02. The molecule has 0 N–H and O–H groups in total. The van der Waals surface area contributed by atoms with Gasteiger partial charge in [-0.2, -0.15) is 4.39 Å². The number of rotatable bonds is 13. The van der Waals surface area contributed by atoms with Gasteiger partial charge < -0.3 is 4.74 Å². The predicted octanol–water partition coefficient (Wildman–Crippen LogP) is 11.3. The van der Waals surface area contributed by atoms with Crippen molar-refractivity contribution in [1.82, 2.24) is 0 Å². The predicted molar refractivity (Wildman–Crippen MR) is 161 cm³/mol. The smallest absolute Gasteiger partial charge is 0.201 e. The Kier molecular flexibility index (Phi) is 11.1. The Morgan fingerprint density at radius 1 is 0.825 bits per heavy atom. The third-order valence-corrected chi connectivity index (χ3v) is 7.90. The molecular weight excluding hydrogens is 505 g/mol. The van der Waals surface area contributed by atoms with Gasteiger partial charge in [0.2, 0.25) is 5.82 Å². The van der Waals surface area contributed by atoms with Crippen LogP contribution >= 0.6 is 0 Å². The Labute approximate surface area is 237 Å². The van der Waals surface area contributed by atoms with E-state index in [1.165, 1.54) is 30.5 Å². The molecule has 1 unspecified atom stereocenters. The van der Waals surface area contributed by atoms with Crippen molar-refractivity contribution in [3.63, 3.8) is 0 Å². The number of ether oxygens (including phenoxy) is 1. The largest absolute Gasteiger partial charge is 0.490 e. The average Bonchev–Trinajstić information content (AvgIpc) is 2.98. The summed E-state index contributed by atoms with van der Waals surface area (Å²) < 4.78 is 50.3. The fourth-order valence-electron chi connectivity index (χ4n) is 5.44. The van der Waals surface area contributed by atoms with Gasteiger partial charge in [0.25, 0.3) is 0 Å². The van der Waals surface area contributed by atoms with E-state index in [0.29, 0.717) is 29.2 Å². The van der Waals surface area contributed by atoms with Crippen molar-refractivity contribution in [2.75, 3.05) is 6.61 Å². The molecule has 1 atom stereocenters. The van der Waals surface area contributed by atoms with E-state index in [-0.39, 0.29) is 17.1 Å². The van der Waals surface area contributed by atoms with E-state index in [4.69, 9.17) is 4.74 Å². The number of halogens is 3. The van der Waals surface area contributed by atoms with Crippen LogP contribution in [0.15, 0.2) is 72.8 Å². The standard InChI is InChI=1S/C36H41F3O/c1-3-5-7-8-10-24-40-34-23-22-32(35(38)36(34)39)29-18-16-28(17-19-29)31-21-20-30(25-33(31)37)27-14-12-26(13-15-27)11-9-6-4-2/h4,6,14,16-23,25-26H,3,5,7-13,15,24H2,1-2H3. The molecule has 3 aromatic rings. The average molecular weight is 547 g/mol. The molecule has 4 heteroatoms.